The van der Waals surface area contributed by atoms with Gasteiger partial charge in [-0.25, -0.2) is 0 Å². The molecule has 2 N–H and O–H groups in total. The Morgan fingerprint density at radius 3 is 2.53 bits per heavy atom. The summed E-state index contributed by atoms with van der Waals surface area (Å²) in [6, 6.07) is 4.25. The molecule has 5 heteroatoms. The lowest BCUT2D eigenvalue weighted by Crippen LogP contribution is -2.11. The highest BCUT2D eigenvalue weighted by molar-refractivity contribution is 5.50. The number of phenols is 1. The van der Waals surface area contributed by atoms with Gasteiger partial charge in [0.25, 0.3) is 0 Å². The lowest BCUT2D eigenvalue weighted by Gasteiger charge is -2.11. The maximum absolute atomic E-state index is 10.5. The Morgan fingerprint density at radius 1 is 1.47 bits per heavy atom. The number of hydrogen-bond donors (Lipinski definition) is 2. The molecule has 2 rings (SSSR count). The molecule has 1 aromatic rings. The van der Waals surface area contributed by atoms with E-state index >= 15 is 0 Å². The molecular formula is C10H11NO4. The zero-order valence-corrected chi connectivity index (χ0v) is 8.01. The summed E-state index contributed by atoms with van der Waals surface area (Å²) < 4.78 is 0. The summed E-state index contributed by atoms with van der Waals surface area (Å²) in [7, 11) is 0. The molecule has 1 aliphatic carbocycles. The number of nitro benzene ring substituents is 1. The average molecular weight is 209 g/mol. The molecule has 0 aromatic heterocycles. The smallest absolute Gasteiger partial charge is 0.310 e. The number of nitrogens with zero attached hydrogens (tertiary/aromatic N) is 1. The summed E-state index contributed by atoms with van der Waals surface area (Å²) in [5.74, 6) is -0.336. The number of aliphatic hydroxyl groups is 1. The number of benzene rings is 1. The lowest BCUT2D eigenvalue weighted by molar-refractivity contribution is -0.385. The van der Waals surface area contributed by atoms with Crippen molar-refractivity contribution in [2.24, 2.45) is 0 Å². The average Bonchev–Trinajstić information content (AvgIpc) is 2.97. The SMILES string of the molecule is O=[N+]([O-])c1ccc(C2(CO)CC2)cc1O. The van der Waals surface area contributed by atoms with Crippen molar-refractivity contribution in [1.82, 2.24) is 0 Å². The van der Waals surface area contributed by atoms with Crippen LogP contribution in [0.1, 0.15) is 18.4 Å². The van der Waals surface area contributed by atoms with Gasteiger partial charge in [-0.3, -0.25) is 10.1 Å². The summed E-state index contributed by atoms with van der Waals surface area (Å²) in [5, 5.41) is 29.1. The minimum Gasteiger partial charge on any atom is -0.502 e. The zero-order valence-electron chi connectivity index (χ0n) is 8.01. The van der Waals surface area contributed by atoms with E-state index in [0.717, 1.165) is 18.4 Å². The second kappa shape index (κ2) is 3.20. The molecule has 0 radical (unpaired) electrons. The van der Waals surface area contributed by atoms with Gasteiger partial charge in [0.1, 0.15) is 0 Å². The van der Waals surface area contributed by atoms with Gasteiger partial charge in [0, 0.05) is 11.5 Å². The number of aliphatic hydroxyl groups excluding tert-OH is 1. The highest BCUT2D eigenvalue weighted by atomic mass is 16.6. The monoisotopic (exact) mass is 209 g/mol. The van der Waals surface area contributed by atoms with Crippen LogP contribution >= 0.6 is 0 Å². The summed E-state index contributed by atoms with van der Waals surface area (Å²) in [5.41, 5.74) is 0.202. The van der Waals surface area contributed by atoms with Crippen LogP contribution in [0.15, 0.2) is 18.2 Å². The Bertz CT molecular complexity index is 412. The molecule has 0 atom stereocenters. The highest BCUT2D eigenvalue weighted by Crippen LogP contribution is 2.49. The largest absolute Gasteiger partial charge is 0.502 e. The second-order valence-corrected chi connectivity index (χ2v) is 3.90. The third-order valence-electron chi connectivity index (χ3n) is 2.94. The van der Waals surface area contributed by atoms with E-state index in [1.165, 1.54) is 12.1 Å². The van der Waals surface area contributed by atoms with Crippen LogP contribution in [0.2, 0.25) is 0 Å². The van der Waals surface area contributed by atoms with Gasteiger partial charge in [-0.05, 0) is 24.5 Å². The van der Waals surface area contributed by atoms with Crippen molar-refractivity contribution in [2.75, 3.05) is 6.61 Å². The molecule has 0 unspecified atom stereocenters. The van der Waals surface area contributed by atoms with Crippen LogP contribution in [0, 0.1) is 10.1 Å². The molecule has 0 spiro atoms. The predicted octanol–water partition coefficient (Wildman–Crippen LogP) is 1.32. The normalized spacial score (nSPS) is 17.4. The first-order valence-electron chi connectivity index (χ1n) is 4.68. The van der Waals surface area contributed by atoms with E-state index in [9.17, 15) is 15.2 Å². The van der Waals surface area contributed by atoms with E-state index in [0.29, 0.717) is 0 Å². The molecule has 0 amide bonds. The standard InChI is InChI=1S/C10H11NO4/c12-6-10(3-4-10)7-1-2-8(11(14)15)9(13)5-7/h1-2,5,12-13H,3-4,6H2. The number of phenolic OH excluding ortho intramolecular Hbond substituents is 1. The molecule has 0 heterocycles. The van der Waals surface area contributed by atoms with Gasteiger partial charge in [-0.1, -0.05) is 6.07 Å². The highest BCUT2D eigenvalue weighted by Gasteiger charge is 2.44. The molecule has 80 valence electrons. The van der Waals surface area contributed by atoms with Gasteiger partial charge in [-0.15, -0.1) is 0 Å². The Hall–Kier alpha value is -1.62. The first kappa shape index (κ1) is 9.92. The topological polar surface area (TPSA) is 83.6 Å². The van der Waals surface area contributed by atoms with E-state index in [1.807, 2.05) is 0 Å². The van der Waals surface area contributed by atoms with Gasteiger partial charge in [0.15, 0.2) is 5.75 Å². The predicted molar refractivity (Wildman–Crippen MR) is 52.8 cm³/mol. The molecule has 15 heavy (non-hydrogen) atoms. The van der Waals surface area contributed by atoms with Crippen molar-refractivity contribution in [3.63, 3.8) is 0 Å². The van der Waals surface area contributed by atoms with Crippen molar-refractivity contribution >= 4 is 5.69 Å². The minimum atomic E-state index is -0.627. The fourth-order valence-corrected chi connectivity index (χ4v) is 1.70. The van der Waals surface area contributed by atoms with Crippen molar-refractivity contribution in [3.8, 4) is 5.75 Å². The minimum absolute atomic E-state index is 0.0181. The van der Waals surface area contributed by atoms with Gasteiger partial charge in [-0.2, -0.15) is 0 Å². The van der Waals surface area contributed by atoms with Gasteiger partial charge in [0.2, 0.25) is 0 Å². The van der Waals surface area contributed by atoms with E-state index in [1.54, 1.807) is 6.07 Å². The van der Waals surface area contributed by atoms with Crippen LogP contribution in [-0.2, 0) is 5.41 Å². The van der Waals surface area contributed by atoms with Crippen molar-refractivity contribution in [1.29, 1.82) is 0 Å². The fourth-order valence-electron chi connectivity index (χ4n) is 1.70. The van der Waals surface area contributed by atoms with Gasteiger partial charge < -0.3 is 10.2 Å². The van der Waals surface area contributed by atoms with Gasteiger partial charge >= 0.3 is 5.69 Å². The van der Waals surface area contributed by atoms with E-state index in [2.05, 4.69) is 0 Å². The van der Waals surface area contributed by atoms with Crippen molar-refractivity contribution < 1.29 is 15.1 Å². The molecule has 1 aromatic carbocycles. The van der Waals surface area contributed by atoms with E-state index in [-0.39, 0.29) is 23.5 Å². The molecule has 5 nitrogen and oxygen atoms in total. The first-order valence-corrected chi connectivity index (χ1v) is 4.68. The van der Waals surface area contributed by atoms with E-state index in [4.69, 9.17) is 5.11 Å². The third kappa shape index (κ3) is 1.55. The van der Waals surface area contributed by atoms with Crippen molar-refractivity contribution in [2.45, 2.75) is 18.3 Å². The van der Waals surface area contributed by atoms with Crippen LogP contribution < -0.4 is 0 Å². The zero-order chi connectivity index (χ0) is 11.1. The van der Waals surface area contributed by atoms with Crippen LogP contribution in [-0.4, -0.2) is 21.7 Å². The summed E-state index contributed by atoms with van der Waals surface area (Å²) in [4.78, 5) is 9.84. The maximum atomic E-state index is 10.5. The Kier molecular flexibility index (Phi) is 2.12. The molecule has 1 aliphatic rings. The molecule has 0 bridgehead atoms. The second-order valence-electron chi connectivity index (χ2n) is 3.90. The van der Waals surface area contributed by atoms with Crippen LogP contribution in [0.5, 0.6) is 5.75 Å². The Morgan fingerprint density at radius 2 is 2.13 bits per heavy atom. The third-order valence-corrected chi connectivity index (χ3v) is 2.94. The number of hydrogen-bond acceptors (Lipinski definition) is 4. The van der Waals surface area contributed by atoms with Crippen LogP contribution in [0.25, 0.3) is 0 Å². The number of aromatic hydroxyl groups is 1. The lowest BCUT2D eigenvalue weighted by atomic mass is 9.96. The maximum Gasteiger partial charge on any atom is 0.310 e. The summed E-state index contributed by atoms with van der Waals surface area (Å²) in [6.45, 7) is 0.0181. The Labute approximate surface area is 86.1 Å². The van der Waals surface area contributed by atoms with Crippen LogP contribution in [0.4, 0.5) is 5.69 Å². The van der Waals surface area contributed by atoms with Crippen LogP contribution in [0.3, 0.4) is 0 Å². The summed E-state index contributed by atoms with van der Waals surface area (Å²) >= 11 is 0. The number of rotatable bonds is 3. The first-order chi connectivity index (χ1) is 7.09. The molecule has 1 fully saturated rings. The molecule has 0 aliphatic heterocycles. The molecule has 0 saturated heterocycles. The summed E-state index contributed by atoms with van der Waals surface area (Å²) in [6.07, 6.45) is 1.72. The van der Waals surface area contributed by atoms with E-state index < -0.39 is 4.92 Å². The van der Waals surface area contributed by atoms with Gasteiger partial charge in [0.05, 0.1) is 11.5 Å². The quantitative estimate of drug-likeness (QED) is 0.581. The van der Waals surface area contributed by atoms with Crippen molar-refractivity contribution in [3.05, 3.63) is 33.9 Å². The molecule has 1 saturated carbocycles. The molecular weight excluding hydrogens is 198 g/mol. The fraction of sp³-hybridized carbons (Fsp3) is 0.400. The Balaban J connectivity index is 2.38. The number of nitro groups is 1.